The van der Waals surface area contributed by atoms with Gasteiger partial charge in [0.2, 0.25) is 5.91 Å². The predicted octanol–water partition coefficient (Wildman–Crippen LogP) is 2.10. The molecule has 0 bridgehead atoms. The lowest BCUT2D eigenvalue weighted by Crippen LogP contribution is -2.34. The Kier molecular flexibility index (Phi) is 4.44. The van der Waals surface area contributed by atoms with Crippen molar-refractivity contribution >= 4 is 5.91 Å². The van der Waals surface area contributed by atoms with E-state index in [1.807, 2.05) is 35.5 Å². The quantitative estimate of drug-likeness (QED) is 0.867. The lowest BCUT2D eigenvalue weighted by molar-refractivity contribution is -0.129. The third-order valence-corrected chi connectivity index (χ3v) is 3.91. The molecular weight excluding hydrogens is 278 g/mol. The highest BCUT2D eigenvalue weighted by Crippen LogP contribution is 2.22. The number of pyridine rings is 2. The van der Waals surface area contributed by atoms with Crippen LogP contribution in [0, 0.1) is 0 Å². The molecule has 0 fully saturated rings. The maximum atomic E-state index is 11.5. The van der Waals surface area contributed by atoms with E-state index in [9.17, 15) is 4.79 Å². The number of hydrogen-bond donors (Lipinski definition) is 0. The Hall–Kier alpha value is -2.27. The molecule has 1 amide bonds. The van der Waals surface area contributed by atoms with Crippen molar-refractivity contribution in [1.29, 1.82) is 0 Å². The molecule has 3 heterocycles. The number of aromatic nitrogens is 2. The first-order valence-electron chi connectivity index (χ1n) is 7.42. The van der Waals surface area contributed by atoms with Crippen LogP contribution in [0.1, 0.15) is 29.3 Å². The van der Waals surface area contributed by atoms with Crippen LogP contribution in [0.15, 0.2) is 36.8 Å². The van der Waals surface area contributed by atoms with Crippen molar-refractivity contribution in [2.45, 2.75) is 33.1 Å². The van der Waals surface area contributed by atoms with Crippen LogP contribution in [0.3, 0.4) is 0 Å². The van der Waals surface area contributed by atoms with Crippen LogP contribution in [-0.4, -0.2) is 27.3 Å². The molecule has 0 radical (unpaired) electrons. The Morgan fingerprint density at radius 2 is 2.23 bits per heavy atom. The van der Waals surface area contributed by atoms with E-state index < -0.39 is 0 Å². The van der Waals surface area contributed by atoms with Gasteiger partial charge in [-0.05, 0) is 35.2 Å². The third-order valence-electron chi connectivity index (χ3n) is 3.91. The summed E-state index contributed by atoms with van der Waals surface area (Å²) in [4.78, 5) is 21.9. The third kappa shape index (κ3) is 3.31. The van der Waals surface area contributed by atoms with Gasteiger partial charge in [-0.25, -0.2) is 0 Å². The van der Waals surface area contributed by atoms with Gasteiger partial charge in [-0.3, -0.25) is 14.8 Å². The minimum Gasteiger partial charge on any atom is -0.370 e. The molecule has 0 saturated heterocycles. The predicted molar refractivity (Wildman–Crippen MR) is 81.8 cm³/mol. The summed E-state index contributed by atoms with van der Waals surface area (Å²) < 4.78 is 5.76. The average molecular weight is 297 g/mol. The van der Waals surface area contributed by atoms with Gasteiger partial charge in [0.05, 0.1) is 18.9 Å². The van der Waals surface area contributed by atoms with Crippen LogP contribution in [-0.2, 0) is 35.7 Å². The Labute approximate surface area is 130 Å². The summed E-state index contributed by atoms with van der Waals surface area (Å²) in [5.41, 5.74) is 4.42. The average Bonchev–Trinajstić information content (AvgIpc) is 2.55. The summed E-state index contributed by atoms with van der Waals surface area (Å²) in [6.45, 7) is 4.03. The second-order valence-electron chi connectivity index (χ2n) is 5.44. The van der Waals surface area contributed by atoms with Crippen LogP contribution >= 0.6 is 0 Å². The number of nitrogens with zero attached hydrogens (tertiary/aromatic N) is 3. The van der Waals surface area contributed by atoms with E-state index >= 15 is 0 Å². The number of carbonyl (C=O) groups excluding carboxylic acids is 1. The van der Waals surface area contributed by atoms with E-state index in [0.29, 0.717) is 19.8 Å². The SMILES string of the molecule is CC(=O)N1CCc2c(COCc3ccccn3)cncc2C1. The van der Waals surface area contributed by atoms with E-state index in [1.54, 1.807) is 13.1 Å². The number of rotatable bonds is 4. The van der Waals surface area contributed by atoms with E-state index in [2.05, 4.69) is 9.97 Å². The van der Waals surface area contributed by atoms with E-state index in [0.717, 1.165) is 29.8 Å². The van der Waals surface area contributed by atoms with Gasteiger partial charge in [0.25, 0.3) is 0 Å². The summed E-state index contributed by atoms with van der Waals surface area (Å²) in [6, 6.07) is 5.79. The fourth-order valence-corrected chi connectivity index (χ4v) is 2.71. The maximum Gasteiger partial charge on any atom is 0.219 e. The fourth-order valence-electron chi connectivity index (χ4n) is 2.71. The molecule has 114 valence electrons. The smallest absolute Gasteiger partial charge is 0.219 e. The zero-order chi connectivity index (χ0) is 15.4. The Morgan fingerprint density at radius 3 is 3.00 bits per heavy atom. The van der Waals surface area contributed by atoms with Crippen molar-refractivity contribution < 1.29 is 9.53 Å². The molecule has 1 aliphatic heterocycles. The molecule has 0 unspecified atom stereocenters. The fraction of sp³-hybridized carbons (Fsp3) is 0.353. The maximum absolute atomic E-state index is 11.5. The molecule has 0 aromatic carbocycles. The van der Waals surface area contributed by atoms with Crippen molar-refractivity contribution in [2.24, 2.45) is 0 Å². The molecule has 0 saturated carbocycles. The highest BCUT2D eigenvalue weighted by atomic mass is 16.5. The molecule has 22 heavy (non-hydrogen) atoms. The molecule has 0 N–H and O–H groups in total. The first kappa shape index (κ1) is 14.7. The molecule has 0 aliphatic carbocycles. The van der Waals surface area contributed by atoms with Crippen LogP contribution in [0.2, 0.25) is 0 Å². The first-order valence-corrected chi connectivity index (χ1v) is 7.42. The minimum atomic E-state index is 0.113. The van der Waals surface area contributed by atoms with Crippen molar-refractivity contribution in [3.63, 3.8) is 0 Å². The van der Waals surface area contributed by atoms with Crippen molar-refractivity contribution in [3.8, 4) is 0 Å². The molecule has 0 spiro atoms. The molecule has 0 atom stereocenters. The zero-order valence-corrected chi connectivity index (χ0v) is 12.7. The lowest BCUT2D eigenvalue weighted by atomic mass is 9.97. The van der Waals surface area contributed by atoms with E-state index in [-0.39, 0.29) is 5.91 Å². The van der Waals surface area contributed by atoms with Crippen LogP contribution in [0.4, 0.5) is 0 Å². The monoisotopic (exact) mass is 297 g/mol. The summed E-state index contributed by atoms with van der Waals surface area (Å²) in [5.74, 6) is 0.113. The van der Waals surface area contributed by atoms with Crippen molar-refractivity contribution in [3.05, 3.63) is 59.2 Å². The number of amides is 1. The Morgan fingerprint density at radius 1 is 1.32 bits per heavy atom. The van der Waals surface area contributed by atoms with Gasteiger partial charge >= 0.3 is 0 Å². The Bertz CT molecular complexity index is 658. The molecule has 5 nitrogen and oxygen atoms in total. The van der Waals surface area contributed by atoms with Crippen molar-refractivity contribution in [1.82, 2.24) is 14.9 Å². The normalized spacial score (nSPS) is 13.8. The van der Waals surface area contributed by atoms with Crippen molar-refractivity contribution in [2.75, 3.05) is 6.54 Å². The lowest BCUT2D eigenvalue weighted by Gasteiger charge is -2.28. The number of fused-ring (bicyclic) bond motifs is 1. The topological polar surface area (TPSA) is 55.3 Å². The molecule has 2 aromatic rings. The summed E-state index contributed by atoms with van der Waals surface area (Å²) in [6.07, 6.45) is 6.34. The summed E-state index contributed by atoms with van der Waals surface area (Å²) in [7, 11) is 0. The Balaban J connectivity index is 1.66. The number of ether oxygens (including phenoxy) is 1. The molecule has 5 heteroatoms. The van der Waals surface area contributed by atoms with E-state index in [4.69, 9.17) is 4.74 Å². The minimum absolute atomic E-state index is 0.113. The van der Waals surface area contributed by atoms with Crippen LogP contribution in [0.25, 0.3) is 0 Å². The standard InChI is InChI=1S/C17H19N3O2/c1-13(21)20-7-5-17-14(10-20)8-18-9-15(17)11-22-12-16-4-2-3-6-19-16/h2-4,6,8-9H,5,7,10-12H2,1H3. The largest absolute Gasteiger partial charge is 0.370 e. The van der Waals surface area contributed by atoms with E-state index in [1.165, 1.54) is 5.56 Å². The van der Waals surface area contributed by atoms with Crippen LogP contribution in [0.5, 0.6) is 0 Å². The highest BCUT2D eigenvalue weighted by molar-refractivity contribution is 5.73. The first-order chi connectivity index (χ1) is 10.7. The molecule has 3 rings (SSSR count). The second kappa shape index (κ2) is 6.66. The van der Waals surface area contributed by atoms with Gasteiger partial charge in [0.15, 0.2) is 0 Å². The summed E-state index contributed by atoms with van der Waals surface area (Å²) >= 11 is 0. The van der Waals surface area contributed by atoms with Crippen LogP contribution < -0.4 is 0 Å². The number of carbonyl (C=O) groups is 1. The van der Waals surface area contributed by atoms with Gasteiger partial charge in [-0.1, -0.05) is 6.07 Å². The molecule has 1 aliphatic rings. The zero-order valence-electron chi connectivity index (χ0n) is 12.7. The molecule has 2 aromatic heterocycles. The van der Waals surface area contributed by atoms with Gasteiger partial charge in [-0.15, -0.1) is 0 Å². The van der Waals surface area contributed by atoms with Gasteiger partial charge in [-0.2, -0.15) is 0 Å². The highest BCUT2D eigenvalue weighted by Gasteiger charge is 2.20. The molecular formula is C17H19N3O2. The van der Waals surface area contributed by atoms with Gasteiger partial charge in [0, 0.05) is 38.6 Å². The number of hydrogen-bond acceptors (Lipinski definition) is 4. The summed E-state index contributed by atoms with van der Waals surface area (Å²) in [5, 5.41) is 0. The van der Waals surface area contributed by atoms with Gasteiger partial charge in [0.1, 0.15) is 0 Å². The van der Waals surface area contributed by atoms with Gasteiger partial charge < -0.3 is 9.64 Å². The second-order valence-corrected chi connectivity index (χ2v) is 5.44.